The average molecular weight is 337 g/mol. The first-order valence-electron chi connectivity index (χ1n) is 8.17. The number of methoxy groups -OCH3 is 1. The van der Waals surface area contributed by atoms with Gasteiger partial charge in [0.25, 0.3) is 0 Å². The minimum Gasteiger partial charge on any atom is -0.495 e. The van der Waals surface area contributed by atoms with Gasteiger partial charge in [-0.3, -0.25) is 0 Å². The molecule has 1 saturated heterocycles. The van der Waals surface area contributed by atoms with Crippen LogP contribution in [0.15, 0.2) is 24.3 Å². The predicted octanol–water partition coefficient (Wildman–Crippen LogP) is 2.67. The summed E-state index contributed by atoms with van der Waals surface area (Å²) >= 11 is 1.84. The summed E-state index contributed by atoms with van der Waals surface area (Å²) < 4.78 is 5.45. The molecule has 6 heteroatoms. The van der Waals surface area contributed by atoms with Gasteiger partial charge in [0, 0.05) is 38.0 Å². The van der Waals surface area contributed by atoms with Crippen LogP contribution in [0.25, 0.3) is 0 Å². The molecule has 1 fully saturated rings. The molecule has 1 aliphatic rings. The van der Waals surface area contributed by atoms with E-state index in [0.29, 0.717) is 0 Å². The summed E-state index contributed by atoms with van der Waals surface area (Å²) in [6.07, 6.45) is 0. The summed E-state index contributed by atoms with van der Waals surface area (Å²) in [5.74, 6) is 2.94. The molecule has 1 heterocycles. The Morgan fingerprint density at radius 1 is 1.39 bits per heavy atom. The van der Waals surface area contributed by atoms with Crippen LogP contribution < -0.4 is 15.0 Å². The number of piperazine rings is 1. The van der Waals surface area contributed by atoms with Crippen molar-refractivity contribution in [2.75, 3.05) is 49.7 Å². The van der Waals surface area contributed by atoms with Gasteiger partial charge in [-0.25, -0.2) is 4.79 Å². The molecule has 0 saturated carbocycles. The number of urea groups is 1. The van der Waals surface area contributed by atoms with Crippen LogP contribution in [0.1, 0.15) is 13.8 Å². The molecule has 0 spiro atoms. The smallest absolute Gasteiger partial charge is 0.317 e. The molecule has 0 radical (unpaired) electrons. The van der Waals surface area contributed by atoms with E-state index in [2.05, 4.69) is 30.1 Å². The Kier molecular flexibility index (Phi) is 6.89. The van der Waals surface area contributed by atoms with Crippen molar-refractivity contribution in [1.29, 1.82) is 0 Å². The first kappa shape index (κ1) is 17.8. The second kappa shape index (κ2) is 8.91. The third-order valence-corrected chi connectivity index (χ3v) is 4.94. The number of nitrogens with zero attached hydrogens (tertiary/aromatic N) is 2. The van der Waals surface area contributed by atoms with Crippen LogP contribution in [-0.4, -0.2) is 61.8 Å². The SMILES string of the molecule is CCSCCNC(=O)N1CCN(c2ccccc2OC)C[C@H]1C. The van der Waals surface area contributed by atoms with Crippen LogP contribution in [0, 0.1) is 0 Å². The Morgan fingerprint density at radius 2 is 2.17 bits per heavy atom. The van der Waals surface area contributed by atoms with E-state index < -0.39 is 0 Å². The molecular formula is C17H27N3O2S. The Bertz CT molecular complexity index is 512. The van der Waals surface area contributed by atoms with Crippen LogP contribution in [0.2, 0.25) is 0 Å². The molecule has 2 amide bonds. The van der Waals surface area contributed by atoms with Gasteiger partial charge in [-0.1, -0.05) is 19.1 Å². The Balaban J connectivity index is 1.90. The summed E-state index contributed by atoms with van der Waals surface area (Å²) in [7, 11) is 1.69. The van der Waals surface area contributed by atoms with E-state index in [1.54, 1.807) is 7.11 Å². The Morgan fingerprint density at radius 3 is 2.87 bits per heavy atom. The zero-order valence-electron chi connectivity index (χ0n) is 14.2. The molecule has 0 aliphatic carbocycles. The van der Waals surface area contributed by atoms with E-state index in [-0.39, 0.29) is 12.1 Å². The molecule has 1 aromatic rings. The highest BCUT2D eigenvalue weighted by Gasteiger charge is 2.28. The van der Waals surface area contributed by atoms with Gasteiger partial charge < -0.3 is 19.9 Å². The third kappa shape index (κ3) is 4.70. The molecule has 1 atom stereocenters. The number of nitrogens with one attached hydrogen (secondary N) is 1. The highest BCUT2D eigenvalue weighted by molar-refractivity contribution is 7.99. The van der Waals surface area contributed by atoms with E-state index >= 15 is 0 Å². The fourth-order valence-corrected chi connectivity index (χ4v) is 3.38. The summed E-state index contributed by atoms with van der Waals surface area (Å²) in [4.78, 5) is 16.5. The van der Waals surface area contributed by atoms with Crippen molar-refractivity contribution in [3.8, 4) is 5.75 Å². The van der Waals surface area contributed by atoms with E-state index in [1.807, 2.05) is 34.9 Å². The van der Waals surface area contributed by atoms with Crippen molar-refractivity contribution in [1.82, 2.24) is 10.2 Å². The van der Waals surface area contributed by atoms with Gasteiger partial charge >= 0.3 is 6.03 Å². The third-order valence-electron chi connectivity index (χ3n) is 4.04. The fraction of sp³-hybridized carbons (Fsp3) is 0.588. The van der Waals surface area contributed by atoms with Gasteiger partial charge in [0.05, 0.1) is 12.8 Å². The normalized spacial score (nSPS) is 18.0. The number of carbonyl (C=O) groups excluding carboxylic acids is 1. The second-order valence-corrected chi connectivity index (χ2v) is 6.98. The van der Waals surface area contributed by atoms with Crippen LogP contribution in [0.3, 0.4) is 0 Å². The van der Waals surface area contributed by atoms with Crippen molar-refractivity contribution >= 4 is 23.5 Å². The maximum Gasteiger partial charge on any atom is 0.317 e. The molecular weight excluding hydrogens is 310 g/mol. The second-order valence-electron chi connectivity index (χ2n) is 5.59. The Hall–Kier alpha value is -1.56. The molecule has 1 aliphatic heterocycles. The summed E-state index contributed by atoms with van der Waals surface area (Å²) in [6, 6.07) is 8.27. The Labute approximate surface area is 143 Å². The minimum absolute atomic E-state index is 0.0499. The lowest BCUT2D eigenvalue weighted by atomic mass is 10.1. The van der Waals surface area contributed by atoms with Crippen LogP contribution >= 0.6 is 11.8 Å². The van der Waals surface area contributed by atoms with E-state index in [4.69, 9.17) is 4.74 Å². The quantitative estimate of drug-likeness (QED) is 0.811. The van der Waals surface area contributed by atoms with Gasteiger partial charge in [-0.2, -0.15) is 11.8 Å². The first-order chi connectivity index (χ1) is 11.2. The molecule has 5 nitrogen and oxygen atoms in total. The number of rotatable bonds is 6. The van der Waals surface area contributed by atoms with Gasteiger partial charge in [0.2, 0.25) is 0 Å². The maximum absolute atomic E-state index is 12.3. The maximum atomic E-state index is 12.3. The van der Waals surface area contributed by atoms with Crippen molar-refractivity contribution < 1.29 is 9.53 Å². The van der Waals surface area contributed by atoms with Gasteiger partial charge in [-0.05, 0) is 24.8 Å². The lowest BCUT2D eigenvalue weighted by Gasteiger charge is -2.41. The largest absolute Gasteiger partial charge is 0.495 e. The first-order valence-corrected chi connectivity index (χ1v) is 9.33. The number of thioether (sulfide) groups is 1. The summed E-state index contributed by atoms with van der Waals surface area (Å²) in [6.45, 7) is 7.33. The van der Waals surface area contributed by atoms with Crippen LogP contribution in [0.4, 0.5) is 10.5 Å². The van der Waals surface area contributed by atoms with Crippen molar-refractivity contribution in [3.63, 3.8) is 0 Å². The number of ether oxygens (including phenoxy) is 1. The number of hydrogen-bond acceptors (Lipinski definition) is 4. The lowest BCUT2D eigenvalue weighted by Crippen LogP contribution is -2.56. The van der Waals surface area contributed by atoms with Crippen LogP contribution in [0.5, 0.6) is 5.75 Å². The van der Waals surface area contributed by atoms with Crippen molar-refractivity contribution in [3.05, 3.63) is 24.3 Å². The van der Waals surface area contributed by atoms with E-state index in [9.17, 15) is 4.79 Å². The zero-order valence-corrected chi connectivity index (χ0v) is 15.1. The van der Waals surface area contributed by atoms with Gasteiger partial charge in [-0.15, -0.1) is 0 Å². The van der Waals surface area contributed by atoms with Crippen molar-refractivity contribution in [2.24, 2.45) is 0 Å². The molecule has 0 unspecified atom stereocenters. The zero-order chi connectivity index (χ0) is 16.7. The van der Waals surface area contributed by atoms with E-state index in [1.165, 1.54) is 0 Å². The monoisotopic (exact) mass is 337 g/mol. The van der Waals surface area contributed by atoms with Crippen LogP contribution in [-0.2, 0) is 0 Å². The number of amides is 2. The number of hydrogen-bond donors (Lipinski definition) is 1. The number of para-hydroxylation sites is 2. The topological polar surface area (TPSA) is 44.8 Å². The molecule has 0 aromatic heterocycles. The number of carbonyl (C=O) groups is 1. The molecule has 23 heavy (non-hydrogen) atoms. The molecule has 2 rings (SSSR count). The van der Waals surface area contributed by atoms with Gasteiger partial charge in [0.1, 0.15) is 5.75 Å². The highest BCUT2D eigenvalue weighted by atomic mass is 32.2. The summed E-state index contributed by atoms with van der Waals surface area (Å²) in [5.41, 5.74) is 1.10. The predicted molar refractivity (Wildman–Crippen MR) is 97.8 cm³/mol. The number of anilines is 1. The van der Waals surface area contributed by atoms with Gasteiger partial charge in [0.15, 0.2) is 0 Å². The van der Waals surface area contributed by atoms with Crippen molar-refractivity contribution in [2.45, 2.75) is 19.9 Å². The number of benzene rings is 1. The molecule has 0 bridgehead atoms. The highest BCUT2D eigenvalue weighted by Crippen LogP contribution is 2.29. The molecule has 128 valence electrons. The minimum atomic E-state index is 0.0499. The summed E-state index contributed by atoms with van der Waals surface area (Å²) in [5, 5.41) is 3.02. The average Bonchev–Trinajstić information content (AvgIpc) is 2.58. The van der Waals surface area contributed by atoms with E-state index in [0.717, 1.165) is 49.1 Å². The molecule has 1 N–H and O–H groups in total. The standard InChI is InChI=1S/C17H27N3O2S/c1-4-23-12-9-18-17(21)20-11-10-19(13-14(20)2)15-7-5-6-8-16(15)22-3/h5-8,14H,4,9-13H2,1-3H3,(H,18,21)/t14-/m1/s1. The molecule has 1 aromatic carbocycles. The lowest BCUT2D eigenvalue weighted by molar-refractivity contribution is 0.172. The fourth-order valence-electron chi connectivity index (χ4n) is 2.85.